The molecule has 0 unspecified atom stereocenters. The highest BCUT2D eigenvalue weighted by Gasteiger charge is 2.34. The largest absolute Gasteiger partial charge is 0.573 e. The molecule has 1 aromatic carbocycles. The van der Waals surface area contributed by atoms with Gasteiger partial charge in [0, 0.05) is 6.61 Å². The van der Waals surface area contributed by atoms with Crippen LogP contribution in [-0.2, 0) is 14.0 Å². The first-order valence-electron chi connectivity index (χ1n) is 7.29. The van der Waals surface area contributed by atoms with Gasteiger partial charge in [-0.1, -0.05) is 19.4 Å². The summed E-state index contributed by atoms with van der Waals surface area (Å²) in [6.07, 6.45) is -3.19. The van der Waals surface area contributed by atoms with E-state index in [0.717, 1.165) is 25.0 Å². The van der Waals surface area contributed by atoms with Crippen LogP contribution in [0.3, 0.4) is 0 Å². The lowest BCUT2D eigenvalue weighted by atomic mass is 9.78. The maximum Gasteiger partial charge on any atom is 0.573 e. The van der Waals surface area contributed by atoms with Crippen molar-refractivity contribution < 1.29 is 36.3 Å². The lowest BCUT2D eigenvalue weighted by Crippen LogP contribution is -2.47. The fourth-order valence-electron chi connectivity index (χ4n) is 2.04. The van der Waals surface area contributed by atoms with E-state index in [9.17, 15) is 17.6 Å². The summed E-state index contributed by atoms with van der Waals surface area (Å²) in [6, 6.07) is 3.08. The van der Waals surface area contributed by atoms with Gasteiger partial charge in [0.15, 0.2) is 11.6 Å². The van der Waals surface area contributed by atoms with Gasteiger partial charge in [0.05, 0.1) is 13.2 Å². The Kier molecular flexibility index (Phi) is 6.26. The molecule has 0 spiro atoms. The number of ether oxygens (including phenoxy) is 2. The van der Waals surface area contributed by atoms with E-state index in [-0.39, 0.29) is 24.8 Å². The molecule has 1 heterocycles. The Labute approximate surface area is 131 Å². The van der Waals surface area contributed by atoms with Crippen LogP contribution in [0.5, 0.6) is 5.75 Å². The molecule has 0 bridgehead atoms. The van der Waals surface area contributed by atoms with Gasteiger partial charge in [-0.05, 0) is 24.0 Å². The number of alkyl halides is 3. The zero-order valence-corrected chi connectivity index (χ0v) is 12.6. The van der Waals surface area contributed by atoms with Gasteiger partial charge in [0.1, 0.15) is 6.10 Å². The van der Waals surface area contributed by atoms with E-state index in [2.05, 4.69) is 4.74 Å². The van der Waals surface area contributed by atoms with E-state index in [1.165, 1.54) is 6.07 Å². The highest BCUT2D eigenvalue weighted by atomic mass is 19.4. The van der Waals surface area contributed by atoms with Crippen LogP contribution < -0.4 is 10.2 Å². The van der Waals surface area contributed by atoms with Crippen molar-refractivity contribution in [1.82, 2.24) is 0 Å². The van der Waals surface area contributed by atoms with Gasteiger partial charge in [0.25, 0.3) is 0 Å². The van der Waals surface area contributed by atoms with Gasteiger partial charge in [-0.3, -0.25) is 0 Å². The fourth-order valence-corrected chi connectivity index (χ4v) is 2.04. The number of benzene rings is 1. The lowest BCUT2D eigenvalue weighted by molar-refractivity contribution is -0.275. The number of unbranched alkanes of at least 4 members (excludes halogenated alkanes) is 1. The third kappa shape index (κ3) is 5.67. The van der Waals surface area contributed by atoms with Crippen LogP contribution in [0.4, 0.5) is 17.6 Å². The summed E-state index contributed by atoms with van der Waals surface area (Å²) < 4.78 is 69.9. The second-order valence-corrected chi connectivity index (χ2v) is 5.08. The molecule has 128 valence electrons. The molecule has 1 aromatic rings. The van der Waals surface area contributed by atoms with Crippen molar-refractivity contribution in [2.45, 2.75) is 32.2 Å². The Balaban J connectivity index is 1.90. The van der Waals surface area contributed by atoms with Gasteiger partial charge >= 0.3 is 13.5 Å². The average Bonchev–Trinajstić information content (AvgIpc) is 2.49. The van der Waals surface area contributed by atoms with E-state index in [4.69, 9.17) is 14.0 Å². The van der Waals surface area contributed by atoms with Crippen LogP contribution in [0, 0.1) is 5.82 Å². The van der Waals surface area contributed by atoms with Crippen LogP contribution in [0.1, 0.15) is 19.8 Å². The van der Waals surface area contributed by atoms with Crippen LogP contribution >= 0.6 is 0 Å². The summed E-state index contributed by atoms with van der Waals surface area (Å²) in [4.78, 5) is 0. The third-order valence-electron chi connectivity index (χ3n) is 3.17. The molecule has 0 aliphatic carbocycles. The van der Waals surface area contributed by atoms with E-state index in [1.54, 1.807) is 0 Å². The summed E-state index contributed by atoms with van der Waals surface area (Å²) in [5, 5.41) is 0. The predicted molar refractivity (Wildman–Crippen MR) is 75.0 cm³/mol. The minimum Gasteiger partial charge on any atom is -0.404 e. The molecule has 9 heteroatoms. The van der Waals surface area contributed by atoms with Crippen molar-refractivity contribution in [3.63, 3.8) is 0 Å². The first kappa shape index (κ1) is 18.0. The smallest absolute Gasteiger partial charge is 0.404 e. The van der Waals surface area contributed by atoms with Crippen LogP contribution in [-0.4, -0.2) is 39.4 Å². The van der Waals surface area contributed by atoms with Crippen molar-refractivity contribution in [1.29, 1.82) is 0 Å². The Morgan fingerprint density at radius 3 is 2.52 bits per heavy atom. The van der Waals surface area contributed by atoms with Crippen molar-refractivity contribution in [3.05, 3.63) is 24.0 Å². The maximum atomic E-state index is 13.7. The molecule has 0 atom stereocenters. The van der Waals surface area contributed by atoms with E-state index in [1.807, 2.05) is 6.92 Å². The molecule has 0 radical (unpaired) electrons. The Bertz CT molecular complexity index is 504. The molecular weight excluding hydrogens is 319 g/mol. The monoisotopic (exact) mass is 336 g/mol. The second-order valence-electron chi connectivity index (χ2n) is 5.08. The summed E-state index contributed by atoms with van der Waals surface area (Å²) in [6.45, 7) is 3.21. The van der Waals surface area contributed by atoms with Crippen molar-refractivity contribution in [2.24, 2.45) is 0 Å². The highest BCUT2D eigenvalue weighted by molar-refractivity contribution is 6.61. The van der Waals surface area contributed by atoms with Crippen LogP contribution in [0.25, 0.3) is 0 Å². The second kappa shape index (κ2) is 7.98. The van der Waals surface area contributed by atoms with E-state index < -0.39 is 25.0 Å². The van der Waals surface area contributed by atoms with Crippen molar-refractivity contribution in [2.75, 3.05) is 19.8 Å². The van der Waals surface area contributed by atoms with Crippen molar-refractivity contribution in [3.8, 4) is 5.75 Å². The number of hydrogen-bond acceptors (Lipinski definition) is 4. The summed E-state index contributed by atoms with van der Waals surface area (Å²) in [7, 11) is -0.838. The zero-order valence-electron chi connectivity index (χ0n) is 12.6. The first-order valence-corrected chi connectivity index (χ1v) is 7.29. The zero-order chi connectivity index (χ0) is 16.9. The van der Waals surface area contributed by atoms with Gasteiger partial charge in [-0.15, -0.1) is 13.2 Å². The molecular formula is C14H17BF4O4. The molecule has 2 rings (SSSR count). The molecule has 1 aliphatic heterocycles. The van der Waals surface area contributed by atoms with Crippen LogP contribution in [0.2, 0.25) is 0 Å². The molecule has 0 aromatic heterocycles. The number of halogens is 4. The normalized spacial score (nSPS) is 16.7. The summed E-state index contributed by atoms with van der Waals surface area (Å²) in [5.41, 5.74) is 0.282. The summed E-state index contributed by atoms with van der Waals surface area (Å²) >= 11 is 0. The van der Waals surface area contributed by atoms with Gasteiger partial charge in [0.2, 0.25) is 0 Å². The molecule has 23 heavy (non-hydrogen) atoms. The SMILES string of the molecule is CCCCOC1COB(c2ccc(OC(F)(F)F)c(F)c2)OC1. The Hall–Kier alpha value is -1.32. The quantitative estimate of drug-likeness (QED) is 0.455. The van der Waals surface area contributed by atoms with E-state index in [0.29, 0.717) is 6.61 Å². The molecule has 1 aliphatic rings. The molecule has 1 saturated heterocycles. The first-order chi connectivity index (χ1) is 10.9. The topological polar surface area (TPSA) is 36.9 Å². The minimum absolute atomic E-state index is 0.199. The number of rotatable bonds is 6. The molecule has 0 amide bonds. The highest BCUT2D eigenvalue weighted by Crippen LogP contribution is 2.24. The molecule has 0 saturated carbocycles. The molecule has 4 nitrogen and oxygen atoms in total. The van der Waals surface area contributed by atoms with Gasteiger partial charge in [-0.25, -0.2) is 4.39 Å². The third-order valence-corrected chi connectivity index (χ3v) is 3.17. The number of hydrogen-bond donors (Lipinski definition) is 0. The Morgan fingerprint density at radius 1 is 1.26 bits per heavy atom. The van der Waals surface area contributed by atoms with Crippen LogP contribution in [0.15, 0.2) is 18.2 Å². The standard InChI is InChI=1S/C14H17BF4O4/c1-2-3-6-20-11-8-21-15(22-9-11)10-4-5-13(12(16)7-10)23-14(17,18)19/h4-5,7,11H,2-3,6,8-9H2,1H3. The van der Waals surface area contributed by atoms with Crippen molar-refractivity contribution >= 4 is 12.6 Å². The van der Waals surface area contributed by atoms with E-state index >= 15 is 0 Å². The summed E-state index contributed by atoms with van der Waals surface area (Å²) in [5.74, 6) is -2.02. The molecule has 0 N–H and O–H groups in total. The average molecular weight is 336 g/mol. The maximum absolute atomic E-state index is 13.7. The Morgan fingerprint density at radius 2 is 1.96 bits per heavy atom. The molecule has 1 fully saturated rings. The minimum atomic E-state index is -4.94. The van der Waals surface area contributed by atoms with Gasteiger partial charge < -0.3 is 18.8 Å². The fraction of sp³-hybridized carbons (Fsp3) is 0.571. The lowest BCUT2D eigenvalue weighted by Gasteiger charge is -2.27. The van der Waals surface area contributed by atoms with Gasteiger partial charge in [-0.2, -0.15) is 0 Å². The predicted octanol–water partition coefficient (Wildman–Crippen LogP) is 2.65.